The van der Waals surface area contributed by atoms with Crippen LogP contribution in [-0.4, -0.2) is 37.0 Å². The predicted octanol–water partition coefficient (Wildman–Crippen LogP) is 15.2. The van der Waals surface area contributed by atoms with Crippen LogP contribution in [0.1, 0.15) is 200 Å². The van der Waals surface area contributed by atoms with E-state index >= 15 is 0 Å². The number of aliphatic hydroxyl groups is 1. The van der Waals surface area contributed by atoms with Gasteiger partial charge in [-0.15, -0.1) is 0 Å². The number of carbonyl (C=O) groups is 1. The van der Waals surface area contributed by atoms with Gasteiger partial charge < -0.3 is 14.6 Å². The molecule has 0 radical (unpaired) electrons. The quantitative estimate of drug-likeness (QED) is 0.0384. The predicted molar refractivity (Wildman–Crippen MR) is 237 cm³/mol. The zero-order valence-corrected chi connectivity index (χ0v) is 35.5. The van der Waals surface area contributed by atoms with E-state index < -0.39 is 6.10 Å². The number of allylic oxidation sites excluding steroid dienone is 14. The smallest absolute Gasteiger partial charge is 0.306 e. The number of carbonyl (C=O) groups excluding carboxylic acids is 1. The van der Waals surface area contributed by atoms with Gasteiger partial charge in [-0.1, -0.05) is 208 Å². The molecular weight excluding hydrogens is 665 g/mol. The molecule has 0 bridgehead atoms. The molecule has 0 fully saturated rings. The van der Waals surface area contributed by atoms with Crippen LogP contribution < -0.4 is 0 Å². The van der Waals surface area contributed by atoms with Crippen molar-refractivity contribution in [2.75, 3.05) is 19.8 Å². The lowest BCUT2D eigenvalue weighted by atomic mass is 10.0. The molecule has 0 aromatic carbocycles. The number of hydrogen-bond acceptors (Lipinski definition) is 4. The van der Waals surface area contributed by atoms with Gasteiger partial charge in [0.05, 0.1) is 13.2 Å². The fraction of sp³-hybridized carbons (Fsp3) is 0.700. The summed E-state index contributed by atoms with van der Waals surface area (Å²) in [5.74, 6) is -0.216. The van der Waals surface area contributed by atoms with Crippen LogP contribution in [0, 0.1) is 0 Å². The van der Waals surface area contributed by atoms with E-state index in [-0.39, 0.29) is 19.2 Å². The number of rotatable bonds is 41. The Morgan fingerprint density at radius 2 is 0.833 bits per heavy atom. The first-order valence-corrected chi connectivity index (χ1v) is 22.7. The third kappa shape index (κ3) is 44.0. The summed E-state index contributed by atoms with van der Waals surface area (Å²) in [6, 6.07) is 0. The van der Waals surface area contributed by atoms with Crippen molar-refractivity contribution in [2.45, 2.75) is 206 Å². The average Bonchev–Trinajstić information content (AvgIpc) is 3.18. The van der Waals surface area contributed by atoms with Crippen molar-refractivity contribution in [3.63, 3.8) is 0 Å². The first kappa shape index (κ1) is 51.6. The molecule has 0 rings (SSSR count). The van der Waals surface area contributed by atoms with Gasteiger partial charge in [-0.05, 0) is 70.6 Å². The minimum Gasteiger partial charge on any atom is -0.457 e. The van der Waals surface area contributed by atoms with Crippen molar-refractivity contribution < 1.29 is 19.4 Å². The molecule has 0 aromatic heterocycles. The van der Waals surface area contributed by atoms with Crippen LogP contribution in [0.5, 0.6) is 0 Å². The van der Waals surface area contributed by atoms with E-state index in [0.29, 0.717) is 13.0 Å². The van der Waals surface area contributed by atoms with Crippen molar-refractivity contribution in [2.24, 2.45) is 0 Å². The molecule has 4 nitrogen and oxygen atoms in total. The standard InChI is InChI=1S/C50H86O4/c1-3-5-7-9-11-13-15-17-19-21-23-24-25-26-27-28-30-32-34-36-38-40-42-44-46-53-48-49(47-51)54-50(52)45-43-41-39-37-35-33-31-29-22-20-18-16-14-12-10-8-6-4-2/h5,7,11,13,17,19,23-24,26-27,30,32,36,38,49,51H,3-4,6,8-10,12,14-16,18,20-22,25,28-29,31,33-35,37,39-48H2,1-2H3/b7-5-,13-11-,19-17-,24-23-,27-26-,32-30-,38-36-. The van der Waals surface area contributed by atoms with Gasteiger partial charge in [0, 0.05) is 13.0 Å². The Bertz CT molecular complexity index is 969. The summed E-state index contributed by atoms with van der Waals surface area (Å²) in [6.45, 7) is 5.14. The van der Waals surface area contributed by atoms with Crippen LogP contribution in [0.15, 0.2) is 85.1 Å². The van der Waals surface area contributed by atoms with E-state index in [4.69, 9.17) is 9.47 Å². The molecule has 0 aliphatic rings. The first-order chi connectivity index (χ1) is 26.7. The Kier molecular flexibility index (Phi) is 44.6. The molecule has 0 amide bonds. The van der Waals surface area contributed by atoms with E-state index in [2.05, 4.69) is 98.9 Å². The molecule has 1 unspecified atom stereocenters. The molecule has 1 atom stereocenters. The summed E-state index contributed by atoms with van der Waals surface area (Å²) in [6.07, 6.45) is 65.1. The fourth-order valence-corrected chi connectivity index (χ4v) is 6.13. The molecule has 0 saturated heterocycles. The highest BCUT2D eigenvalue weighted by atomic mass is 16.6. The van der Waals surface area contributed by atoms with Gasteiger partial charge in [0.2, 0.25) is 0 Å². The molecule has 0 heterocycles. The summed E-state index contributed by atoms with van der Waals surface area (Å²) in [4.78, 5) is 12.2. The van der Waals surface area contributed by atoms with Crippen LogP contribution >= 0.6 is 0 Å². The number of aliphatic hydroxyl groups excluding tert-OH is 1. The monoisotopic (exact) mass is 751 g/mol. The van der Waals surface area contributed by atoms with Crippen molar-refractivity contribution in [1.82, 2.24) is 0 Å². The molecule has 310 valence electrons. The summed E-state index contributed by atoms with van der Waals surface area (Å²) in [5, 5.41) is 9.61. The highest BCUT2D eigenvalue weighted by molar-refractivity contribution is 5.69. The lowest BCUT2D eigenvalue weighted by molar-refractivity contribution is -0.154. The number of hydrogen-bond donors (Lipinski definition) is 1. The number of ether oxygens (including phenoxy) is 2. The lowest BCUT2D eigenvalue weighted by Crippen LogP contribution is -2.27. The molecule has 0 aliphatic heterocycles. The van der Waals surface area contributed by atoms with Crippen LogP contribution in [0.25, 0.3) is 0 Å². The second kappa shape index (κ2) is 46.7. The van der Waals surface area contributed by atoms with Gasteiger partial charge >= 0.3 is 5.97 Å². The summed E-state index contributed by atoms with van der Waals surface area (Å²) in [7, 11) is 0. The Balaban J connectivity index is 3.55. The van der Waals surface area contributed by atoms with E-state index in [9.17, 15) is 9.90 Å². The Labute approximate surface area is 335 Å². The molecule has 4 heteroatoms. The van der Waals surface area contributed by atoms with Crippen molar-refractivity contribution in [3.8, 4) is 0 Å². The number of unbranched alkanes of at least 4 members (excludes halogenated alkanes) is 19. The van der Waals surface area contributed by atoms with Crippen molar-refractivity contribution >= 4 is 5.97 Å². The minimum atomic E-state index is -0.561. The highest BCUT2D eigenvalue weighted by Gasteiger charge is 2.13. The van der Waals surface area contributed by atoms with E-state index in [1.807, 2.05) is 0 Å². The molecule has 0 aliphatic carbocycles. The summed E-state index contributed by atoms with van der Waals surface area (Å²) >= 11 is 0. The highest BCUT2D eigenvalue weighted by Crippen LogP contribution is 2.15. The average molecular weight is 751 g/mol. The summed E-state index contributed by atoms with van der Waals surface area (Å²) in [5.41, 5.74) is 0. The Morgan fingerprint density at radius 1 is 0.463 bits per heavy atom. The molecule has 1 N–H and O–H groups in total. The minimum absolute atomic E-state index is 0.192. The van der Waals surface area contributed by atoms with E-state index in [1.165, 1.54) is 103 Å². The molecule has 0 aromatic rings. The number of esters is 1. The topological polar surface area (TPSA) is 55.8 Å². The fourth-order valence-electron chi connectivity index (χ4n) is 6.13. The zero-order chi connectivity index (χ0) is 39.1. The zero-order valence-electron chi connectivity index (χ0n) is 35.5. The van der Waals surface area contributed by atoms with Crippen molar-refractivity contribution in [3.05, 3.63) is 85.1 Å². The second-order valence-electron chi connectivity index (χ2n) is 14.7. The maximum atomic E-state index is 12.2. The third-order valence-electron chi connectivity index (χ3n) is 9.48. The molecule has 0 spiro atoms. The van der Waals surface area contributed by atoms with Gasteiger partial charge in [-0.2, -0.15) is 0 Å². The normalized spacial score (nSPS) is 13.2. The van der Waals surface area contributed by atoms with Crippen LogP contribution in [0.2, 0.25) is 0 Å². The maximum absolute atomic E-state index is 12.2. The van der Waals surface area contributed by atoms with Crippen LogP contribution in [0.3, 0.4) is 0 Å². The second-order valence-corrected chi connectivity index (χ2v) is 14.7. The largest absolute Gasteiger partial charge is 0.457 e. The lowest BCUT2D eigenvalue weighted by Gasteiger charge is -2.15. The van der Waals surface area contributed by atoms with Gasteiger partial charge in [-0.3, -0.25) is 4.79 Å². The summed E-state index contributed by atoms with van der Waals surface area (Å²) < 4.78 is 11.1. The van der Waals surface area contributed by atoms with Crippen LogP contribution in [0.4, 0.5) is 0 Å². The Hall–Kier alpha value is -2.43. The molecular formula is C50H86O4. The van der Waals surface area contributed by atoms with Gasteiger partial charge in [0.15, 0.2) is 0 Å². The van der Waals surface area contributed by atoms with E-state index in [0.717, 1.165) is 77.0 Å². The SMILES string of the molecule is CC/C=C\C/C=C\C/C=C\C/C=C\C/C=C\C/C=C\C/C=C\CCCCOCC(CO)OC(=O)CCCCCCCCCCCCCCCCCCCC. The molecule has 0 saturated carbocycles. The maximum Gasteiger partial charge on any atom is 0.306 e. The Morgan fingerprint density at radius 3 is 1.22 bits per heavy atom. The van der Waals surface area contributed by atoms with Gasteiger partial charge in [0.25, 0.3) is 0 Å². The van der Waals surface area contributed by atoms with Crippen molar-refractivity contribution in [1.29, 1.82) is 0 Å². The van der Waals surface area contributed by atoms with Gasteiger partial charge in [0.1, 0.15) is 6.10 Å². The third-order valence-corrected chi connectivity index (χ3v) is 9.48. The van der Waals surface area contributed by atoms with Gasteiger partial charge in [-0.25, -0.2) is 0 Å². The van der Waals surface area contributed by atoms with E-state index in [1.54, 1.807) is 0 Å². The van der Waals surface area contributed by atoms with Crippen LogP contribution in [-0.2, 0) is 14.3 Å². The molecule has 54 heavy (non-hydrogen) atoms. The first-order valence-electron chi connectivity index (χ1n) is 22.7.